The van der Waals surface area contributed by atoms with Gasteiger partial charge in [-0.2, -0.15) is 5.10 Å². The molecule has 0 spiro atoms. The molecule has 0 bridgehead atoms. The van der Waals surface area contributed by atoms with Crippen molar-refractivity contribution in [2.75, 3.05) is 6.61 Å². The molecule has 0 aliphatic carbocycles. The zero-order valence-corrected chi connectivity index (χ0v) is 19.3. The SMILES string of the molecule is CCOc1ccc(C(=O)Oc2c(Sc3ccc(Cl)cc3)c(C)nn2C(C)(C)C)cc1. The highest BCUT2D eigenvalue weighted by Gasteiger charge is 2.27. The summed E-state index contributed by atoms with van der Waals surface area (Å²) in [6.45, 7) is 10.4. The monoisotopic (exact) mass is 444 g/mol. The Bertz CT molecular complexity index is 1020. The number of rotatable bonds is 6. The molecule has 0 radical (unpaired) electrons. The van der Waals surface area contributed by atoms with Gasteiger partial charge in [-0.25, -0.2) is 9.48 Å². The molecule has 0 aliphatic rings. The normalized spacial score (nSPS) is 11.4. The van der Waals surface area contributed by atoms with Crippen molar-refractivity contribution in [2.24, 2.45) is 0 Å². The van der Waals surface area contributed by atoms with Crippen LogP contribution in [0.3, 0.4) is 0 Å². The van der Waals surface area contributed by atoms with E-state index in [0.717, 1.165) is 15.5 Å². The van der Waals surface area contributed by atoms with Crippen LogP contribution in [0.5, 0.6) is 11.6 Å². The minimum Gasteiger partial charge on any atom is -0.494 e. The molecule has 7 heteroatoms. The van der Waals surface area contributed by atoms with Crippen LogP contribution in [0.15, 0.2) is 58.3 Å². The van der Waals surface area contributed by atoms with Gasteiger partial charge < -0.3 is 9.47 Å². The van der Waals surface area contributed by atoms with Gasteiger partial charge in [-0.05, 0) is 83.1 Å². The summed E-state index contributed by atoms with van der Waals surface area (Å²) in [5, 5.41) is 5.32. The van der Waals surface area contributed by atoms with E-state index in [0.29, 0.717) is 28.8 Å². The highest BCUT2D eigenvalue weighted by atomic mass is 35.5. The molecular weight excluding hydrogens is 420 g/mol. The number of hydrogen-bond acceptors (Lipinski definition) is 5. The Kier molecular flexibility index (Phi) is 6.78. The molecule has 3 rings (SSSR count). The molecule has 5 nitrogen and oxygen atoms in total. The van der Waals surface area contributed by atoms with E-state index in [-0.39, 0.29) is 5.54 Å². The van der Waals surface area contributed by atoms with E-state index in [1.807, 2.05) is 58.9 Å². The third-order valence-electron chi connectivity index (χ3n) is 4.22. The first-order valence-electron chi connectivity index (χ1n) is 9.67. The second kappa shape index (κ2) is 9.14. The number of hydrogen-bond donors (Lipinski definition) is 0. The lowest BCUT2D eigenvalue weighted by Crippen LogP contribution is -2.25. The van der Waals surface area contributed by atoms with E-state index < -0.39 is 5.97 Å². The molecule has 0 unspecified atom stereocenters. The predicted molar refractivity (Wildman–Crippen MR) is 120 cm³/mol. The molecule has 0 saturated heterocycles. The Hall–Kier alpha value is -2.44. The fourth-order valence-corrected chi connectivity index (χ4v) is 3.81. The maximum Gasteiger partial charge on any atom is 0.344 e. The Morgan fingerprint density at radius 3 is 2.30 bits per heavy atom. The lowest BCUT2D eigenvalue weighted by Gasteiger charge is -2.22. The summed E-state index contributed by atoms with van der Waals surface area (Å²) < 4.78 is 13.1. The van der Waals surface area contributed by atoms with Crippen LogP contribution >= 0.6 is 23.4 Å². The fourth-order valence-electron chi connectivity index (χ4n) is 2.77. The van der Waals surface area contributed by atoms with Crippen LogP contribution in [0, 0.1) is 6.92 Å². The quantitative estimate of drug-likeness (QED) is 0.413. The van der Waals surface area contributed by atoms with E-state index in [1.54, 1.807) is 28.9 Å². The van der Waals surface area contributed by atoms with Crippen molar-refractivity contribution in [1.29, 1.82) is 0 Å². The second-order valence-corrected chi connectivity index (χ2v) is 9.23. The number of nitrogens with zero attached hydrogens (tertiary/aromatic N) is 2. The molecule has 0 aliphatic heterocycles. The van der Waals surface area contributed by atoms with Gasteiger partial charge >= 0.3 is 5.97 Å². The van der Waals surface area contributed by atoms with Crippen LogP contribution in [0.25, 0.3) is 0 Å². The topological polar surface area (TPSA) is 53.4 Å². The van der Waals surface area contributed by atoms with Gasteiger partial charge in [0.05, 0.1) is 28.3 Å². The highest BCUT2D eigenvalue weighted by molar-refractivity contribution is 7.99. The van der Waals surface area contributed by atoms with E-state index in [9.17, 15) is 4.79 Å². The highest BCUT2D eigenvalue weighted by Crippen LogP contribution is 2.40. The van der Waals surface area contributed by atoms with Crippen LogP contribution < -0.4 is 9.47 Å². The molecule has 3 aromatic rings. The summed E-state index contributed by atoms with van der Waals surface area (Å²) >= 11 is 7.50. The molecular formula is C23H25ClN2O3S. The molecule has 2 aromatic carbocycles. The van der Waals surface area contributed by atoms with Gasteiger partial charge in [0.25, 0.3) is 0 Å². The molecule has 0 fully saturated rings. The van der Waals surface area contributed by atoms with Gasteiger partial charge in [0.1, 0.15) is 5.75 Å². The first-order chi connectivity index (χ1) is 14.2. The first kappa shape index (κ1) is 22.2. The maximum atomic E-state index is 12.9. The van der Waals surface area contributed by atoms with Crippen molar-refractivity contribution >= 4 is 29.3 Å². The number of aryl methyl sites for hydroxylation is 1. The third kappa shape index (κ3) is 5.18. The van der Waals surface area contributed by atoms with E-state index >= 15 is 0 Å². The van der Waals surface area contributed by atoms with Gasteiger partial charge in [0.15, 0.2) is 0 Å². The Morgan fingerprint density at radius 1 is 1.10 bits per heavy atom. The first-order valence-corrected chi connectivity index (χ1v) is 10.9. The standard InChI is InChI=1S/C23H25ClN2O3S/c1-6-28-18-11-7-16(8-12-18)22(27)29-21-20(15(2)25-26(21)23(3,4)5)30-19-13-9-17(24)10-14-19/h7-14H,6H2,1-5H3. The predicted octanol–water partition coefficient (Wildman–Crippen LogP) is 6.37. The number of esters is 1. The van der Waals surface area contributed by atoms with Gasteiger partial charge in [-0.1, -0.05) is 23.4 Å². The maximum absolute atomic E-state index is 12.9. The molecule has 1 heterocycles. The van der Waals surface area contributed by atoms with Crippen LogP contribution in [0.1, 0.15) is 43.7 Å². The molecule has 1 aromatic heterocycles. The molecule has 158 valence electrons. The zero-order valence-electron chi connectivity index (χ0n) is 17.7. The molecule has 0 saturated carbocycles. The summed E-state index contributed by atoms with van der Waals surface area (Å²) in [7, 11) is 0. The average molecular weight is 445 g/mol. The number of ether oxygens (including phenoxy) is 2. The van der Waals surface area contributed by atoms with Gasteiger partial charge in [-0.3, -0.25) is 0 Å². The number of benzene rings is 2. The smallest absolute Gasteiger partial charge is 0.344 e. The molecule has 0 atom stereocenters. The lowest BCUT2D eigenvalue weighted by atomic mass is 10.1. The van der Waals surface area contributed by atoms with Gasteiger partial charge in [-0.15, -0.1) is 0 Å². The van der Waals surface area contributed by atoms with Gasteiger partial charge in [0, 0.05) is 9.92 Å². The second-order valence-electron chi connectivity index (χ2n) is 7.71. The minimum absolute atomic E-state index is 0.363. The lowest BCUT2D eigenvalue weighted by molar-refractivity contribution is 0.0704. The molecule has 30 heavy (non-hydrogen) atoms. The van der Waals surface area contributed by atoms with E-state index in [1.165, 1.54) is 11.8 Å². The van der Waals surface area contributed by atoms with Crippen molar-refractivity contribution in [3.8, 4) is 11.6 Å². The summed E-state index contributed by atoms with van der Waals surface area (Å²) in [6, 6.07) is 14.4. The summed E-state index contributed by atoms with van der Waals surface area (Å²) in [6.07, 6.45) is 0. The fraction of sp³-hybridized carbons (Fsp3) is 0.304. The number of aromatic nitrogens is 2. The Morgan fingerprint density at radius 2 is 1.73 bits per heavy atom. The summed E-state index contributed by atoms with van der Waals surface area (Å²) in [5.41, 5.74) is 0.873. The summed E-state index contributed by atoms with van der Waals surface area (Å²) in [4.78, 5) is 14.7. The Labute approximate surface area is 186 Å². The van der Waals surface area contributed by atoms with E-state index in [2.05, 4.69) is 5.10 Å². The number of halogens is 1. The largest absolute Gasteiger partial charge is 0.494 e. The van der Waals surface area contributed by atoms with Crippen LogP contribution in [-0.4, -0.2) is 22.4 Å². The average Bonchev–Trinajstić information content (AvgIpc) is 3.00. The van der Waals surface area contributed by atoms with Crippen molar-refractivity contribution in [3.63, 3.8) is 0 Å². The summed E-state index contributed by atoms with van der Waals surface area (Å²) in [5.74, 6) is 0.698. The molecule has 0 N–H and O–H groups in total. The zero-order chi connectivity index (χ0) is 21.9. The van der Waals surface area contributed by atoms with Crippen LogP contribution in [-0.2, 0) is 5.54 Å². The van der Waals surface area contributed by atoms with Crippen LogP contribution in [0.4, 0.5) is 0 Å². The number of carbonyl (C=O) groups excluding carboxylic acids is 1. The van der Waals surface area contributed by atoms with Crippen molar-refractivity contribution in [2.45, 2.75) is 49.9 Å². The van der Waals surface area contributed by atoms with Crippen molar-refractivity contribution < 1.29 is 14.3 Å². The minimum atomic E-state index is -0.443. The van der Waals surface area contributed by atoms with E-state index in [4.69, 9.17) is 21.1 Å². The van der Waals surface area contributed by atoms with Crippen molar-refractivity contribution in [3.05, 3.63) is 64.8 Å². The molecule has 0 amide bonds. The van der Waals surface area contributed by atoms with Crippen LogP contribution in [0.2, 0.25) is 5.02 Å². The van der Waals surface area contributed by atoms with Crippen molar-refractivity contribution in [1.82, 2.24) is 9.78 Å². The van der Waals surface area contributed by atoms with Gasteiger partial charge in [0.2, 0.25) is 5.88 Å². The Balaban J connectivity index is 1.94. The third-order valence-corrected chi connectivity index (χ3v) is 5.66. The number of carbonyl (C=O) groups is 1.